The Morgan fingerprint density at radius 3 is 2.04 bits per heavy atom. The van der Waals surface area contributed by atoms with Crippen LogP contribution < -0.4 is 0 Å². The summed E-state index contributed by atoms with van der Waals surface area (Å²) in [4.78, 5) is 17.1. The number of pyridine rings is 1. The molecular formula is C25H21NO. The number of nitrogens with zero attached hydrogens (tertiary/aromatic N) is 1. The summed E-state index contributed by atoms with van der Waals surface area (Å²) in [6.45, 7) is 3.74. The van der Waals surface area contributed by atoms with E-state index in [0.717, 1.165) is 50.8 Å². The third-order valence-electron chi connectivity index (χ3n) is 4.93. The molecule has 4 aromatic rings. The molecule has 3 aromatic carbocycles. The van der Waals surface area contributed by atoms with Gasteiger partial charge in [-0.15, -0.1) is 0 Å². The van der Waals surface area contributed by atoms with Crippen LogP contribution in [0.5, 0.6) is 0 Å². The number of aromatic nitrogens is 1. The van der Waals surface area contributed by atoms with E-state index in [1.807, 2.05) is 54.6 Å². The number of fused-ring (bicyclic) bond motifs is 1. The van der Waals surface area contributed by atoms with Crippen LogP contribution >= 0.6 is 0 Å². The van der Waals surface area contributed by atoms with Crippen LogP contribution in [0.2, 0.25) is 0 Å². The van der Waals surface area contributed by atoms with Gasteiger partial charge in [-0.05, 0) is 30.4 Å². The van der Waals surface area contributed by atoms with Gasteiger partial charge in [0.15, 0.2) is 5.78 Å². The maximum absolute atomic E-state index is 12.0. The predicted molar refractivity (Wildman–Crippen MR) is 112 cm³/mol. The molecule has 0 atom stereocenters. The van der Waals surface area contributed by atoms with E-state index in [1.54, 1.807) is 6.92 Å². The fraction of sp³-hybridized carbons (Fsp3) is 0.120. The molecule has 1 heterocycles. The molecule has 0 radical (unpaired) electrons. The lowest BCUT2D eigenvalue weighted by Gasteiger charge is -2.17. The summed E-state index contributed by atoms with van der Waals surface area (Å²) in [6, 6.07) is 26.5. The maximum Gasteiger partial charge on any atom is 0.159 e. The first-order chi connectivity index (χ1) is 13.2. The highest BCUT2D eigenvalue weighted by atomic mass is 16.1. The molecule has 27 heavy (non-hydrogen) atoms. The number of hydrogen-bond acceptors (Lipinski definition) is 2. The minimum atomic E-state index is 0.0760. The van der Waals surface area contributed by atoms with Crippen LogP contribution in [0.1, 0.15) is 29.9 Å². The van der Waals surface area contributed by atoms with E-state index >= 15 is 0 Å². The molecule has 132 valence electrons. The number of carbonyl (C=O) groups excluding carboxylic acids is 1. The zero-order valence-electron chi connectivity index (χ0n) is 15.6. The summed E-state index contributed by atoms with van der Waals surface area (Å²) in [5, 5.41) is 2.20. The van der Waals surface area contributed by atoms with E-state index in [-0.39, 0.29) is 5.78 Å². The molecule has 0 aliphatic rings. The normalized spacial score (nSPS) is 10.9. The van der Waals surface area contributed by atoms with Gasteiger partial charge in [-0.25, -0.2) is 0 Å². The van der Waals surface area contributed by atoms with Crippen molar-refractivity contribution in [3.05, 3.63) is 90.1 Å². The molecule has 0 bridgehead atoms. The molecule has 0 spiro atoms. The number of hydrogen-bond donors (Lipinski definition) is 0. The fourth-order valence-electron chi connectivity index (χ4n) is 3.57. The highest BCUT2D eigenvalue weighted by Crippen LogP contribution is 2.38. The number of benzene rings is 3. The van der Waals surface area contributed by atoms with Gasteiger partial charge in [-0.3, -0.25) is 9.78 Å². The topological polar surface area (TPSA) is 30.0 Å². The van der Waals surface area contributed by atoms with E-state index in [0.29, 0.717) is 0 Å². The molecule has 0 aliphatic heterocycles. The molecule has 0 amide bonds. The third kappa shape index (κ3) is 3.15. The van der Waals surface area contributed by atoms with Crippen LogP contribution in [0.15, 0.2) is 78.9 Å². The smallest absolute Gasteiger partial charge is 0.159 e. The monoisotopic (exact) mass is 351 g/mol. The van der Waals surface area contributed by atoms with E-state index < -0.39 is 0 Å². The van der Waals surface area contributed by atoms with E-state index in [2.05, 4.69) is 31.2 Å². The minimum absolute atomic E-state index is 0.0760. The van der Waals surface area contributed by atoms with Crippen molar-refractivity contribution in [2.45, 2.75) is 20.3 Å². The lowest BCUT2D eigenvalue weighted by atomic mass is 9.91. The van der Waals surface area contributed by atoms with Crippen molar-refractivity contribution in [3.63, 3.8) is 0 Å². The van der Waals surface area contributed by atoms with Crippen LogP contribution in [0.4, 0.5) is 0 Å². The van der Waals surface area contributed by atoms with Gasteiger partial charge < -0.3 is 0 Å². The molecule has 1 aromatic heterocycles. The van der Waals surface area contributed by atoms with Crippen LogP contribution in [-0.2, 0) is 6.42 Å². The summed E-state index contributed by atoms with van der Waals surface area (Å²) >= 11 is 0. The summed E-state index contributed by atoms with van der Waals surface area (Å²) in [7, 11) is 0. The van der Waals surface area contributed by atoms with Crippen LogP contribution in [0.3, 0.4) is 0 Å². The largest absolute Gasteiger partial charge is 0.295 e. The SMILES string of the molecule is CCc1nc(-c2ccccc2)c(-c2ccccc2)c2cc(C(C)=O)ccc12. The average Bonchev–Trinajstić information content (AvgIpc) is 2.73. The molecular weight excluding hydrogens is 330 g/mol. The van der Waals surface area contributed by atoms with Gasteiger partial charge >= 0.3 is 0 Å². The lowest BCUT2D eigenvalue weighted by molar-refractivity contribution is 0.101. The first kappa shape index (κ1) is 17.2. The Kier molecular flexibility index (Phi) is 4.55. The zero-order chi connectivity index (χ0) is 18.8. The summed E-state index contributed by atoms with van der Waals surface area (Å²) in [5.41, 5.74) is 6.02. The van der Waals surface area contributed by atoms with Crippen molar-refractivity contribution in [2.24, 2.45) is 0 Å². The van der Waals surface area contributed by atoms with Crippen molar-refractivity contribution in [2.75, 3.05) is 0 Å². The molecule has 2 nitrogen and oxygen atoms in total. The molecule has 0 unspecified atom stereocenters. The van der Waals surface area contributed by atoms with Crippen molar-refractivity contribution in [1.29, 1.82) is 0 Å². The van der Waals surface area contributed by atoms with Gasteiger partial charge in [0.05, 0.1) is 5.69 Å². The Hall–Kier alpha value is -3.26. The van der Waals surface area contributed by atoms with Crippen molar-refractivity contribution < 1.29 is 4.79 Å². The Morgan fingerprint density at radius 2 is 1.44 bits per heavy atom. The van der Waals surface area contributed by atoms with E-state index in [9.17, 15) is 4.79 Å². The molecule has 0 aliphatic carbocycles. The number of ketones is 1. The molecule has 0 saturated heterocycles. The van der Waals surface area contributed by atoms with Gasteiger partial charge in [0, 0.05) is 27.8 Å². The van der Waals surface area contributed by atoms with Gasteiger partial charge in [0.1, 0.15) is 0 Å². The zero-order valence-corrected chi connectivity index (χ0v) is 15.6. The Balaban J connectivity index is 2.16. The standard InChI is InChI=1S/C25H21NO/c1-3-23-21-15-14-20(17(2)27)16-22(21)24(18-10-6-4-7-11-18)25(26-23)19-12-8-5-9-13-19/h4-16H,3H2,1-2H3. The Morgan fingerprint density at radius 1 is 0.815 bits per heavy atom. The molecule has 4 rings (SSSR count). The second-order valence-corrected chi connectivity index (χ2v) is 6.68. The molecule has 0 saturated carbocycles. The summed E-state index contributed by atoms with van der Waals surface area (Å²) in [5.74, 6) is 0.0760. The third-order valence-corrected chi connectivity index (χ3v) is 4.93. The van der Waals surface area contributed by atoms with Crippen molar-refractivity contribution in [3.8, 4) is 22.4 Å². The number of aryl methyl sites for hydroxylation is 1. The maximum atomic E-state index is 12.0. The summed E-state index contributed by atoms with van der Waals surface area (Å²) in [6.07, 6.45) is 0.838. The van der Waals surface area contributed by atoms with Crippen molar-refractivity contribution >= 4 is 16.6 Å². The highest BCUT2D eigenvalue weighted by molar-refractivity contribution is 6.07. The quantitative estimate of drug-likeness (QED) is 0.402. The fourth-order valence-corrected chi connectivity index (χ4v) is 3.57. The predicted octanol–water partition coefficient (Wildman–Crippen LogP) is 6.33. The molecule has 0 N–H and O–H groups in total. The van der Waals surface area contributed by atoms with Gasteiger partial charge in [0.25, 0.3) is 0 Å². The van der Waals surface area contributed by atoms with Crippen LogP contribution in [0.25, 0.3) is 33.2 Å². The van der Waals surface area contributed by atoms with E-state index in [4.69, 9.17) is 4.98 Å². The van der Waals surface area contributed by atoms with Crippen molar-refractivity contribution in [1.82, 2.24) is 4.98 Å². The first-order valence-electron chi connectivity index (χ1n) is 9.27. The minimum Gasteiger partial charge on any atom is -0.295 e. The van der Waals surface area contributed by atoms with Crippen LogP contribution in [0, 0.1) is 0 Å². The Labute approximate surface area is 159 Å². The number of carbonyl (C=O) groups is 1. The van der Waals surface area contributed by atoms with Gasteiger partial charge in [-0.1, -0.05) is 79.7 Å². The number of Topliss-reactive ketones (excluding diaryl/α,β-unsaturated/α-hetero) is 1. The molecule has 2 heteroatoms. The lowest BCUT2D eigenvalue weighted by Crippen LogP contribution is -2.00. The number of rotatable bonds is 4. The Bertz CT molecular complexity index is 1120. The highest BCUT2D eigenvalue weighted by Gasteiger charge is 2.17. The second kappa shape index (κ2) is 7.16. The van der Waals surface area contributed by atoms with E-state index in [1.165, 1.54) is 0 Å². The first-order valence-corrected chi connectivity index (χ1v) is 9.27. The van der Waals surface area contributed by atoms with Crippen LogP contribution in [-0.4, -0.2) is 10.8 Å². The molecule has 0 fully saturated rings. The second-order valence-electron chi connectivity index (χ2n) is 6.68. The van der Waals surface area contributed by atoms with Gasteiger partial charge in [-0.2, -0.15) is 0 Å². The summed E-state index contributed by atoms with van der Waals surface area (Å²) < 4.78 is 0. The average molecular weight is 351 g/mol. The van der Waals surface area contributed by atoms with Gasteiger partial charge in [0.2, 0.25) is 0 Å².